The lowest BCUT2D eigenvalue weighted by atomic mass is 9.99. The van der Waals surface area contributed by atoms with Crippen molar-refractivity contribution in [2.45, 2.75) is 32.4 Å². The molecule has 2 amide bonds. The van der Waals surface area contributed by atoms with Gasteiger partial charge in [0.1, 0.15) is 6.04 Å². The molecule has 2 aromatic rings. The normalized spacial score (nSPS) is 14.6. The number of rotatable bonds is 5. The number of aryl methyl sites for hydroxylation is 1. The van der Waals surface area contributed by atoms with Crippen molar-refractivity contribution in [1.29, 1.82) is 0 Å². The van der Waals surface area contributed by atoms with Crippen LogP contribution in [0.25, 0.3) is 0 Å². The van der Waals surface area contributed by atoms with Crippen LogP contribution >= 0.6 is 11.3 Å². The molecular weight excluding hydrogens is 334 g/mol. The van der Waals surface area contributed by atoms with Gasteiger partial charge in [0, 0.05) is 25.8 Å². The quantitative estimate of drug-likeness (QED) is 0.865. The van der Waals surface area contributed by atoms with E-state index >= 15 is 0 Å². The Labute approximate surface area is 152 Å². The van der Waals surface area contributed by atoms with E-state index in [9.17, 15) is 9.59 Å². The third-order valence-corrected chi connectivity index (χ3v) is 5.32. The van der Waals surface area contributed by atoms with Crippen LogP contribution in [-0.2, 0) is 17.8 Å². The minimum absolute atomic E-state index is 0.181. The number of anilines is 1. The zero-order valence-electron chi connectivity index (χ0n) is 14.5. The summed E-state index contributed by atoms with van der Waals surface area (Å²) in [4.78, 5) is 27.1. The van der Waals surface area contributed by atoms with E-state index in [1.165, 1.54) is 22.6 Å². The van der Waals surface area contributed by atoms with Gasteiger partial charge in [-0.3, -0.25) is 9.59 Å². The lowest BCUT2D eigenvalue weighted by Crippen LogP contribution is -2.44. The second-order valence-corrected chi connectivity index (χ2v) is 7.33. The molecule has 132 valence electrons. The third-order valence-electron chi connectivity index (χ3n) is 4.45. The van der Waals surface area contributed by atoms with Crippen LogP contribution < -0.4 is 15.5 Å². The van der Waals surface area contributed by atoms with Crippen molar-refractivity contribution < 1.29 is 9.59 Å². The molecule has 6 heteroatoms. The lowest BCUT2D eigenvalue weighted by molar-refractivity contribution is -0.122. The van der Waals surface area contributed by atoms with Crippen molar-refractivity contribution in [3.05, 3.63) is 51.7 Å². The Hall–Kier alpha value is -2.34. The molecule has 2 heterocycles. The Morgan fingerprint density at radius 1 is 1.32 bits per heavy atom. The molecule has 1 aromatic heterocycles. The van der Waals surface area contributed by atoms with Gasteiger partial charge >= 0.3 is 0 Å². The number of thiophene rings is 1. The molecule has 1 atom stereocenters. The van der Waals surface area contributed by atoms with Crippen LogP contribution in [0, 0.1) is 0 Å². The molecule has 0 unspecified atom stereocenters. The number of hydrogen-bond acceptors (Lipinski definition) is 4. The molecule has 1 aromatic carbocycles. The SMILES string of the molecule is C[C@H](NC(=O)c1cccs1)C(=O)NCc1ccc2c(c1)CCCN2C. The second-order valence-electron chi connectivity index (χ2n) is 6.38. The van der Waals surface area contributed by atoms with E-state index in [0.717, 1.165) is 24.9 Å². The number of amides is 2. The first-order valence-electron chi connectivity index (χ1n) is 8.49. The minimum Gasteiger partial charge on any atom is -0.374 e. The fraction of sp³-hybridized carbons (Fsp3) is 0.368. The van der Waals surface area contributed by atoms with Gasteiger partial charge in [0.05, 0.1) is 4.88 Å². The zero-order chi connectivity index (χ0) is 17.8. The smallest absolute Gasteiger partial charge is 0.261 e. The summed E-state index contributed by atoms with van der Waals surface area (Å²) in [5.74, 6) is -0.394. The fourth-order valence-electron chi connectivity index (χ4n) is 3.03. The van der Waals surface area contributed by atoms with Gasteiger partial charge < -0.3 is 15.5 Å². The van der Waals surface area contributed by atoms with E-state index in [1.807, 2.05) is 11.4 Å². The highest BCUT2D eigenvalue weighted by Crippen LogP contribution is 2.26. The van der Waals surface area contributed by atoms with E-state index in [2.05, 4.69) is 40.8 Å². The minimum atomic E-state index is -0.571. The van der Waals surface area contributed by atoms with Crippen LogP contribution in [0.15, 0.2) is 35.7 Å². The molecule has 2 N–H and O–H groups in total. The summed E-state index contributed by atoms with van der Waals surface area (Å²) in [6, 6.07) is 9.33. The summed E-state index contributed by atoms with van der Waals surface area (Å²) in [7, 11) is 2.11. The number of hydrogen-bond donors (Lipinski definition) is 2. The highest BCUT2D eigenvalue weighted by molar-refractivity contribution is 7.12. The van der Waals surface area contributed by atoms with Crippen LogP contribution in [0.1, 0.15) is 34.1 Å². The lowest BCUT2D eigenvalue weighted by Gasteiger charge is -2.27. The summed E-state index contributed by atoms with van der Waals surface area (Å²) in [5, 5.41) is 7.47. The van der Waals surface area contributed by atoms with Crippen molar-refractivity contribution in [3.8, 4) is 0 Å². The molecule has 1 aliphatic heterocycles. The number of benzene rings is 1. The average Bonchev–Trinajstić information content (AvgIpc) is 3.14. The maximum absolute atomic E-state index is 12.2. The van der Waals surface area contributed by atoms with E-state index in [0.29, 0.717) is 11.4 Å². The van der Waals surface area contributed by atoms with Crippen molar-refractivity contribution in [3.63, 3.8) is 0 Å². The summed E-state index contributed by atoms with van der Waals surface area (Å²) in [5.41, 5.74) is 3.69. The van der Waals surface area contributed by atoms with Crippen molar-refractivity contribution >= 4 is 28.8 Å². The van der Waals surface area contributed by atoms with E-state index in [-0.39, 0.29) is 11.8 Å². The highest BCUT2D eigenvalue weighted by Gasteiger charge is 2.18. The maximum atomic E-state index is 12.2. The van der Waals surface area contributed by atoms with E-state index in [1.54, 1.807) is 13.0 Å². The van der Waals surface area contributed by atoms with E-state index < -0.39 is 6.04 Å². The Bertz CT molecular complexity index is 758. The summed E-state index contributed by atoms with van der Waals surface area (Å²) < 4.78 is 0. The monoisotopic (exact) mass is 357 g/mol. The average molecular weight is 357 g/mol. The predicted molar refractivity (Wildman–Crippen MR) is 101 cm³/mol. The first-order valence-corrected chi connectivity index (χ1v) is 9.37. The van der Waals surface area contributed by atoms with Gasteiger partial charge in [-0.1, -0.05) is 18.2 Å². The number of carbonyl (C=O) groups is 2. The number of nitrogens with zero attached hydrogens (tertiary/aromatic N) is 1. The van der Waals surface area contributed by atoms with Crippen molar-refractivity contribution in [2.24, 2.45) is 0 Å². The van der Waals surface area contributed by atoms with Crippen LogP contribution in [0.3, 0.4) is 0 Å². The molecule has 0 radical (unpaired) electrons. The van der Waals surface area contributed by atoms with Gasteiger partial charge in [0.25, 0.3) is 5.91 Å². The Morgan fingerprint density at radius 3 is 2.92 bits per heavy atom. The first kappa shape index (κ1) is 17.5. The summed E-state index contributed by atoms with van der Waals surface area (Å²) in [6.45, 7) is 3.25. The largest absolute Gasteiger partial charge is 0.374 e. The summed E-state index contributed by atoms with van der Waals surface area (Å²) in [6.07, 6.45) is 2.24. The number of nitrogens with one attached hydrogen (secondary N) is 2. The van der Waals surface area contributed by atoms with Crippen LogP contribution in [0.2, 0.25) is 0 Å². The molecular formula is C19H23N3O2S. The molecule has 0 saturated heterocycles. The Morgan fingerprint density at radius 2 is 2.16 bits per heavy atom. The van der Waals surface area contributed by atoms with Gasteiger partial charge in [-0.25, -0.2) is 0 Å². The fourth-order valence-corrected chi connectivity index (χ4v) is 3.66. The molecule has 1 aliphatic rings. The first-order chi connectivity index (χ1) is 12.0. The van der Waals surface area contributed by atoms with Crippen molar-refractivity contribution in [2.75, 3.05) is 18.5 Å². The molecule has 5 nitrogen and oxygen atoms in total. The van der Waals surface area contributed by atoms with Gasteiger partial charge in [-0.2, -0.15) is 0 Å². The topological polar surface area (TPSA) is 61.4 Å². The standard InChI is InChI=1S/C19H23N3O2S/c1-13(21-19(24)17-6-4-10-25-17)18(23)20-12-14-7-8-16-15(11-14)5-3-9-22(16)2/h4,6-8,10-11,13H,3,5,9,12H2,1-2H3,(H,20,23)(H,21,24)/t13-/m0/s1. The maximum Gasteiger partial charge on any atom is 0.261 e. The molecule has 25 heavy (non-hydrogen) atoms. The van der Waals surface area contributed by atoms with Crippen LogP contribution in [0.5, 0.6) is 0 Å². The van der Waals surface area contributed by atoms with Gasteiger partial charge in [-0.05, 0) is 48.4 Å². The zero-order valence-corrected chi connectivity index (χ0v) is 15.4. The molecule has 0 aliphatic carbocycles. The van der Waals surface area contributed by atoms with Crippen molar-refractivity contribution in [1.82, 2.24) is 10.6 Å². The molecule has 3 rings (SSSR count). The highest BCUT2D eigenvalue weighted by atomic mass is 32.1. The van der Waals surface area contributed by atoms with Crippen LogP contribution in [-0.4, -0.2) is 31.4 Å². The van der Waals surface area contributed by atoms with Gasteiger partial charge in [0.15, 0.2) is 0 Å². The second kappa shape index (κ2) is 7.70. The molecule has 0 bridgehead atoms. The molecule has 0 fully saturated rings. The Balaban J connectivity index is 1.54. The van der Waals surface area contributed by atoms with Gasteiger partial charge in [0.2, 0.25) is 5.91 Å². The Kier molecular flexibility index (Phi) is 5.38. The number of fused-ring (bicyclic) bond motifs is 1. The van der Waals surface area contributed by atoms with E-state index in [4.69, 9.17) is 0 Å². The van der Waals surface area contributed by atoms with Gasteiger partial charge in [-0.15, -0.1) is 11.3 Å². The predicted octanol–water partition coefficient (Wildman–Crippen LogP) is 2.57. The molecule has 0 saturated carbocycles. The molecule has 0 spiro atoms. The van der Waals surface area contributed by atoms with Crippen LogP contribution in [0.4, 0.5) is 5.69 Å². The third kappa shape index (κ3) is 4.20. The number of carbonyl (C=O) groups excluding carboxylic acids is 2. The summed E-state index contributed by atoms with van der Waals surface area (Å²) >= 11 is 1.36.